The van der Waals surface area contributed by atoms with E-state index in [0.29, 0.717) is 6.42 Å². The van der Waals surface area contributed by atoms with Crippen molar-refractivity contribution in [3.8, 4) is 0 Å². The van der Waals surface area contributed by atoms with Crippen LogP contribution < -0.4 is 5.32 Å². The minimum Gasteiger partial charge on any atom is -0.381 e. The van der Waals surface area contributed by atoms with Crippen LogP contribution in [-0.4, -0.2) is 30.1 Å². The summed E-state index contributed by atoms with van der Waals surface area (Å²) >= 11 is 0. The fraction of sp³-hybridized carbons (Fsp3) is 0.571. The van der Waals surface area contributed by atoms with Crippen molar-refractivity contribution in [2.75, 3.05) is 7.11 Å². The number of pyridine rings is 1. The smallest absolute Gasteiger partial charge is 0.381 e. The van der Waals surface area contributed by atoms with Crippen LogP contribution in [0.5, 0.6) is 0 Å². The lowest BCUT2D eigenvalue weighted by atomic mass is 9.92. The standard InChI is InChI=1S/C14H17F3N2O2/c1-21-10-5-2-4-9(8-10)19-13(20)11-6-3-7-18-12(11)14(15,16)17/h3,6-7,9-10H,2,4-5,8H2,1H3,(H,19,20). The van der Waals surface area contributed by atoms with Gasteiger partial charge in [0, 0.05) is 19.3 Å². The highest BCUT2D eigenvalue weighted by atomic mass is 19.4. The predicted octanol–water partition coefficient (Wildman–Crippen LogP) is 2.79. The number of methoxy groups -OCH3 is 1. The fourth-order valence-corrected chi connectivity index (χ4v) is 2.57. The molecule has 1 aliphatic carbocycles. The quantitative estimate of drug-likeness (QED) is 0.934. The second-order valence-electron chi connectivity index (χ2n) is 5.09. The normalized spacial score (nSPS) is 22.9. The Kier molecular flexibility index (Phi) is 4.82. The molecule has 1 N–H and O–H groups in total. The van der Waals surface area contributed by atoms with E-state index in [-0.39, 0.29) is 12.1 Å². The van der Waals surface area contributed by atoms with Gasteiger partial charge in [0.15, 0.2) is 5.69 Å². The summed E-state index contributed by atoms with van der Waals surface area (Å²) in [5, 5.41) is 2.65. The Bertz CT molecular complexity index is 505. The number of ether oxygens (including phenoxy) is 1. The summed E-state index contributed by atoms with van der Waals surface area (Å²) in [5.41, 5.74) is -1.59. The summed E-state index contributed by atoms with van der Waals surface area (Å²) in [7, 11) is 1.59. The maximum Gasteiger partial charge on any atom is 0.434 e. The van der Waals surface area contributed by atoms with Crippen molar-refractivity contribution >= 4 is 5.91 Å². The molecule has 0 radical (unpaired) electrons. The van der Waals surface area contributed by atoms with Crippen LogP contribution in [0.3, 0.4) is 0 Å². The third-order valence-corrected chi connectivity index (χ3v) is 3.62. The number of hydrogen-bond acceptors (Lipinski definition) is 3. The number of halogens is 3. The molecule has 0 saturated heterocycles. The molecular formula is C14H17F3N2O2. The number of carbonyl (C=O) groups excluding carboxylic acids is 1. The Morgan fingerprint density at radius 3 is 2.86 bits per heavy atom. The maximum atomic E-state index is 12.8. The van der Waals surface area contributed by atoms with E-state index in [4.69, 9.17) is 4.74 Å². The Morgan fingerprint density at radius 2 is 2.19 bits per heavy atom. The number of alkyl halides is 3. The van der Waals surface area contributed by atoms with Gasteiger partial charge in [-0.25, -0.2) is 0 Å². The zero-order valence-corrected chi connectivity index (χ0v) is 11.6. The molecule has 116 valence electrons. The van der Waals surface area contributed by atoms with Gasteiger partial charge in [-0.2, -0.15) is 13.2 Å². The Balaban J connectivity index is 2.10. The maximum absolute atomic E-state index is 12.8. The van der Waals surface area contributed by atoms with Crippen LogP contribution in [0.1, 0.15) is 41.7 Å². The van der Waals surface area contributed by atoms with Gasteiger partial charge in [-0.15, -0.1) is 0 Å². The molecule has 1 heterocycles. The van der Waals surface area contributed by atoms with E-state index in [1.807, 2.05) is 0 Å². The van der Waals surface area contributed by atoms with Gasteiger partial charge in [-0.05, 0) is 37.8 Å². The van der Waals surface area contributed by atoms with E-state index in [9.17, 15) is 18.0 Å². The van der Waals surface area contributed by atoms with Gasteiger partial charge in [0.1, 0.15) is 0 Å². The molecule has 2 unspecified atom stereocenters. The number of carbonyl (C=O) groups is 1. The molecule has 1 aromatic heterocycles. The fourth-order valence-electron chi connectivity index (χ4n) is 2.57. The molecule has 2 rings (SSSR count). The van der Waals surface area contributed by atoms with Gasteiger partial charge in [-0.1, -0.05) is 0 Å². The average molecular weight is 302 g/mol. The first kappa shape index (κ1) is 15.8. The first-order chi connectivity index (χ1) is 9.91. The highest BCUT2D eigenvalue weighted by Gasteiger charge is 2.37. The third kappa shape index (κ3) is 3.93. The highest BCUT2D eigenvalue weighted by molar-refractivity contribution is 5.95. The summed E-state index contributed by atoms with van der Waals surface area (Å²) in [6.45, 7) is 0. The summed E-state index contributed by atoms with van der Waals surface area (Å²) in [6.07, 6.45) is -0.431. The van der Waals surface area contributed by atoms with Gasteiger partial charge in [0.2, 0.25) is 0 Å². The average Bonchev–Trinajstić information content (AvgIpc) is 2.46. The minimum atomic E-state index is -4.64. The van der Waals surface area contributed by atoms with Gasteiger partial charge in [0.05, 0.1) is 11.7 Å². The lowest BCUT2D eigenvalue weighted by Crippen LogP contribution is -2.41. The molecule has 1 amide bonds. The molecular weight excluding hydrogens is 285 g/mol. The monoisotopic (exact) mass is 302 g/mol. The SMILES string of the molecule is COC1CCCC(NC(=O)c2cccnc2C(F)(F)F)C1. The zero-order chi connectivity index (χ0) is 15.5. The van der Waals surface area contributed by atoms with Crippen LogP contribution in [0.2, 0.25) is 0 Å². The first-order valence-electron chi connectivity index (χ1n) is 6.77. The van der Waals surface area contributed by atoms with Gasteiger partial charge in [-0.3, -0.25) is 9.78 Å². The van der Waals surface area contributed by atoms with E-state index >= 15 is 0 Å². The van der Waals surface area contributed by atoms with E-state index in [1.54, 1.807) is 7.11 Å². The molecule has 1 aromatic rings. The Labute approximate surface area is 120 Å². The van der Waals surface area contributed by atoms with E-state index in [0.717, 1.165) is 31.5 Å². The highest BCUT2D eigenvalue weighted by Crippen LogP contribution is 2.30. The van der Waals surface area contributed by atoms with E-state index < -0.39 is 23.3 Å². The van der Waals surface area contributed by atoms with Gasteiger partial charge < -0.3 is 10.1 Å². The van der Waals surface area contributed by atoms with Gasteiger partial charge in [0.25, 0.3) is 5.91 Å². The predicted molar refractivity (Wildman–Crippen MR) is 69.8 cm³/mol. The minimum absolute atomic E-state index is 0.0417. The lowest BCUT2D eigenvalue weighted by molar-refractivity contribution is -0.141. The number of amides is 1. The summed E-state index contributed by atoms with van der Waals surface area (Å²) in [6, 6.07) is 2.29. The van der Waals surface area contributed by atoms with Crippen LogP contribution in [-0.2, 0) is 10.9 Å². The molecule has 1 fully saturated rings. The molecule has 2 atom stereocenters. The Morgan fingerprint density at radius 1 is 1.43 bits per heavy atom. The zero-order valence-electron chi connectivity index (χ0n) is 11.6. The second kappa shape index (κ2) is 6.43. The first-order valence-corrected chi connectivity index (χ1v) is 6.77. The molecule has 0 spiro atoms. The van der Waals surface area contributed by atoms with E-state index in [1.165, 1.54) is 6.07 Å². The largest absolute Gasteiger partial charge is 0.434 e. The van der Waals surface area contributed by atoms with Crippen LogP contribution in [0.4, 0.5) is 13.2 Å². The molecule has 1 saturated carbocycles. The van der Waals surface area contributed by atoms with Crippen LogP contribution >= 0.6 is 0 Å². The number of rotatable bonds is 3. The number of nitrogens with one attached hydrogen (secondary N) is 1. The van der Waals surface area contributed by atoms with Gasteiger partial charge >= 0.3 is 6.18 Å². The van der Waals surface area contributed by atoms with Crippen LogP contribution in [0.25, 0.3) is 0 Å². The van der Waals surface area contributed by atoms with Crippen molar-refractivity contribution < 1.29 is 22.7 Å². The topological polar surface area (TPSA) is 51.2 Å². The number of nitrogens with zero attached hydrogens (tertiary/aromatic N) is 1. The molecule has 0 aromatic carbocycles. The molecule has 4 nitrogen and oxygen atoms in total. The lowest BCUT2D eigenvalue weighted by Gasteiger charge is -2.29. The second-order valence-corrected chi connectivity index (χ2v) is 5.09. The Hall–Kier alpha value is -1.63. The van der Waals surface area contributed by atoms with Crippen LogP contribution in [0, 0.1) is 0 Å². The number of hydrogen-bond donors (Lipinski definition) is 1. The van der Waals surface area contributed by atoms with Crippen molar-refractivity contribution in [2.24, 2.45) is 0 Å². The summed E-state index contributed by atoms with van der Waals surface area (Å²) in [4.78, 5) is 15.4. The molecule has 7 heteroatoms. The molecule has 1 aliphatic rings. The molecule has 21 heavy (non-hydrogen) atoms. The van der Waals surface area contributed by atoms with Crippen molar-refractivity contribution in [3.05, 3.63) is 29.6 Å². The summed E-state index contributed by atoms with van der Waals surface area (Å²) < 4.78 is 43.8. The van der Waals surface area contributed by atoms with Crippen LogP contribution in [0.15, 0.2) is 18.3 Å². The molecule has 0 aliphatic heterocycles. The number of aromatic nitrogens is 1. The molecule has 0 bridgehead atoms. The third-order valence-electron chi connectivity index (χ3n) is 3.62. The summed E-state index contributed by atoms with van der Waals surface area (Å²) in [5.74, 6) is -0.739. The van der Waals surface area contributed by atoms with Crippen molar-refractivity contribution in [1.29, 1.82) is 0 Å². The van der Waals surface area contributed by atoms with Crippen molar-refractivity contribution in [2.45, 2.75) is 44.0 Å². The van der Waals surface area contributed by atoms with E-state index in [2.05, 4.69) is 10.3 Å². The van der Waals surface area contributed by atoms with Crippen molar-refractivity contribution in [3.63, 3.8) is 0 Å². The van der Waals surface area contributed by atoms with Crippen molar-refractivity contribution in [1.82, 2.24) is 10.3 Å².